The summed E-state index contributed by atoms with van der Waals surface area (Å²) in [6, 6.07) is 5.26. The molecule has 2 aromatic rings. The van der Waals surface area contributed by atoms with E-state index in [1.165, 1.54) is 22.5 Å². The van der Waals surface area contributed by atoms with Crippen LogP contribution >= 0.6 is 11.6 Å². The zero-order valence-corrected chi connectivity index (χ0v) is 17.1. The fourth-order valence-electron chi connectivity index (χ4n) is 2.35. The molecule has 0 bridgehead atoms. The van der Waals surface area contributed by atoms with Gasteiger partial charge in [-0.3, -0.25) is 4.79 Å². The second-order valence-electron chi connectivity index (χ2n) is 5.68. The number of aryl methyl sites for hydroxylation is 1. The van der Waals surface area contributed by atoms with E-state index in [0.29, 0.717) is 5.76 Å². The first kappa shape index (κ1) is 21.9. The van der Waals surface area contributed by atoms with Crippen LogP contribution in [0, 0.1) is 6.92 Å². The van der Waals surface area contributed by atoms with Gasteiger partial charge in [-0.05, 0) is 25.1 Å². The number of anilines is 1. The van der Waals surface area contributed by atoms with Crippen LogP contribution in [-0.2, 0) is 19.6 Å². The predicted octanol–water partition coefficient (Wildman–Crippen LogP) is 2.46. The Labute approximate surface area is 167 Å². The van der Waals surface area contributed by atoms with Gasteiger partial charge in [0.25, 0.3) is 5.91 Å². The summed E-state index contributed by atoms with van der Waals surface area (Å²) in [6.45, 7) is 4.99. The van der Waals surface area contributed by atoms with Crippen molar-refractivity contribution in [3.63, 3.8) is 0 Å². The topological polar surface area (TPSA) is 119 Å². The van der Waals surface area contributed by atoms with Gasteiger partial charge in [0.05, 0.1) is 10.6 Å². The van der Waals surface area contributed by atoms with Crippen molar-refractivity contribution in [2.45, 2.75) is 25.7 Å². The Balaban J connectivity index is 2.10. The molecular formula is C17H20ClN3O6S. The third-order valence-electron chi connectivity index (χ3n) is 3.72. The highest BCUT2D eigenvalue weighted by Gasteiger charge is 2.26. The third kappa shape index (κ3) is 5.09. The molecule has 0 atom stereocenters. The molecule has 1 N–H and O–H groups in total. The van der Waals surface area contributed by atoms with Gasteiger partial charge >= 0.3 is 5.97 Å². The van der Waals surface area contributed by atoms with Crippen LogP contribution in [0.3, 0.4) is 0 Å². The Bertz CT molecular complexity index is 969. The average Bonchev–Trinajstić information content (AvgIpc) is 3.05. The first-order valence-corrected chi connectivity index (χ1v) is 10.2. The minimum Gasteiger partial charge on any atom is -0.452 e. The maximum atomic E-state index is 12.7. The summed E-state index contributed by atoms with van der Waals surface area (Å²) in [5.41, 5.74) is -0.0415. The van der Waals surface area contributed by atoms with E-state index in [4.69, 9.17) is 20.9 Å². The minimum absolute atomic E-state index is 0.0115. The number of carbonyl (C=O) groups is 2. The zero-order chi connectivity index (χ0) is 20.9. The Morgan fingerprint density at radius 1 is 1.25 bits per heavy atom. The number of rotatable bonds is 8. The van der Waals surface area contributed by atoms with Crippen LogP contribution in [0.25, 0.3) is 0 Å². The zero-order valence-electron chi connectivity index (χ0n) is 15.6. The van der Waals surface area contributed by atoms with Gasteiger partial charge in [-0.25, -0.2) is 13.2 Å². The van der Waals surface area contributed by atoms with Gasteiger partial charge in [0.1, 0.15) is 10.7 Å². The van der Waals surface area contributed by atoms with Crippen molar-refractivity contribution in [3.05, 3.63) is 40.6 Å². The molecule has 0 radical (unpaired) electrons. The van der Waals surface area contributed by atoms with Gasteiger partial charge in [-0.2, -0.15) is 4.31 Å². The number of nitrogens with zero attached hydrogens (tertiary/aromatic N) is 2. The number of amides is 1. The first-order valence-electron chi connectivity index (χ1n) is 8.39. The molecule has 0 saturated carbocycles. The second kappa shape index (κ2) is 9.18. The molecule has 9 nitrogen and oxygen atoms in total. The molecule has 1 amide bonds. The van der Waals surface area contributed by atoms with E-state index in [9.17, 15) is 18.0 Å². The molecule has 0 saturated heterocycles. The number of carbonyl (C=O) groups excluding carboxylic acids is 2. The Hall–Kier alpha value is -2.43. The molecule has 1 aromatic heterocycles. The molecule has 0 aliphatic rings. The van der Waals surface area contributed by atoms with Crippen LogP contribution in [0.2, 0.25) is 5.02 Å². The minimum atomic E-state index is -3.86. The normalized spacial score (nSPS) is 11.5. The van der Waals surface area contributed by atoms with Crippen molar-refractivity contribution in [2.24, 2.45) is 0 Å². The molecular weight excluding hydrogens is 410 g/mol. The van der Waals surface area contributed by atoms with E-state index >= 15 is 0 Å². The smallest absolute Gasteiger partial charge is 0.338 e. The molecule has 0 aliphatic heterocycles. The van der Waals surface area contributed by atoms with Crippen LogP contribution in [0.5, 0.6) is 0 Å². The standard InChI is InChI=1S/C17H20ClN3O6S/c1-4-21(5-2)28(24,25)14-9-12(6-7-13(14)18)17(23)26-10-16(22)19-15-8-11(3)27-20-15/h6-9H,4-5,10H2,1-3H3,(H,19,20,22). The summed E-state index contributed by atoms with van der Waals surface area (Å²) in [6.07, 6.45) is 0. The lowest BCUT2D eigenvalue weighted by Gasteiger charge is -2.19. The summed E-state index contributed by atoms with van der Waals surface area (Å²) < 4.78 is 36.3. The fourth-order valence-corrected chi connectivity index (χ4v) is 4.31. The molecule has 1 heterocycles. The Kier molecular flexibility index (Phi) is 7.17. The molecule has 1 aromatic carbocycles. The van der Waals surface area contributed by atoms with Crippen LogP contribution in [0.15, 0.2) is 33.7 Å². The van der Waals surface area contributed by atoms with Crippen molar-refractivity contribution in [2.75, 3.05) is 25.0 Å². The number of esters is 1. The van der Waals surface area contributed by atoms with Crippen LogP contribution in [-0.4, -0.2) is 49.5 Å². The van der Waals surface area contributed by atoms with Gasteiger partial charge in [0.2, 0.25) is 10.0 Å². The largest absolute Gasteiger partial charge is 0.452 e. The first-order chi connectivity index (χ1) is 13.2. The Morgan fingerprint density at radius 2 is 1.93 bits per heavy atom. The SMILES string of the molecule is CCN(CC)S(=O)(=O)c1cc(C(=O)OCC(=O)Nc2cc(C)on2)ccc1Cl. The van der Waals surface area contributed by atoms with Crippen LogP contribution < -0.4 is 5.32 Å². The summed E-state index contributed by atoms with van der Waals surface area (Å²) >= 11 is 6.03. The van der Waals surface area contributed by atoms with Gasteiger partial charge in [-0.15, -0.1) is 0 Å². The number of benzene rings is 1. The lowest BCUT2D eigenvalue weighted by molar-refractivity contribution is -0.119. The van der Waals surface area contributed by atoms with Crippen molar-refractivity contribution < 1.29 is 27.3 Å². The molecule has 2 rings (SSSR count). The lowest BCUT2D eigenvalue weighted by Crippen LogP contribution is -2.31. The second-order valence-corrected chi connectivity index (χ2v) is 8.00. The average molecular weight is 430 g/mol. The number of ether oxygens (including phenoxy) is 1. The molecule has 0 fully saturated rings. The van der Waals surface area contributed by atoms with Crippen molar-refractivity contribution in [3.8, 4) is 0 Å². The molecule has 152 valence electrons. The van der Waals surface area contributed by atoms with Gasteiger partial charge in [-0.1, -0.05) is 30.6 Å². The highest BCUT2D eigenvalue weighted by Crippen LogP contribution is 2.26. The predicted molar refractivity (Wildman–Crippen MR) is 102 cm³/mol. The molecule has 28 heavy (non-hydrogen) atoms. The van der Waals surface area contributed by atoms with Crippen LogP contribution in [0.4, 0.5) is 5.82 Å². The van der Waals surface area contributed by atoms with E-state index in [1.54, 1.807) is 20.8 Å². The van der Waals surface area contributed by atoms with E-state index < -0.39 is 28.5 Å². The number of halogens is 1. The van der Waals surface area contributed by atoms with Gasteiger partial charge in [0.15, 0.2) is 12.4 Å². The fraction of sp³-hybridized carbons (Fsp3) is 0.353. The quantitative estimate of drug-likeness (QED) is 0.640. The maximum Gasteiger partial charge on any atom is 0.338 e. The summed E-state index contributed by atoms with van der Waals surface area (Å²) in [4.78, 5) is 23.8. The van der Waals surface area contributed by atoms with E-state index in [1.807, 2.05) is 0 Å². The number of hydrogen-bond donors (Lipinski definition) is 1. The summed E-state index contributed by atoms with van der Waals surface area (Å²) in [7, 11) is -3.86. The number of nitrogens with one attached hydrogen (secondary N) is 1. The molecule has 0 aliphatic carbocycles. The summed E-state index contributed by atoms with van der Waals surface area (Å²) in [5, 5.41) is 5.98. The lowest BCUT2D eigenvalue weighted by atomic mass is 10.2. The molecule has 11 heteroatoms. The Morgan fingerprint density at radius 3 is 2.50 bits per heavy atom. The molecule has 0 unspecified atom stereocenters. The van der Waals surface area contributed by atoms with E-state index in [2.05, 4.69) is 10.5 Å². The van der Waals surface area contributed by atoms with Crippen molar-refractivity contribution >= 4 is 39.3 Å². The highest BCUT2D eigenvalue weighted by atomic mass is 35.5. The monoisotopic (exact) mass is 429 g/mol. The van der Waals surface area contributed by atoms with Crippen molar-refractivity contribution in [1.29, 1.82) is 0 Å². The molecule has 0 spiro atoms. The van der Waals surface area contributed by atoms with E-state index in [0.717, 1.165) is 6.07 Å². The van der Waals surface area contributed by atoms with Gasteiger partial charge < -0.3 is 14.6 Å². The highest BCUT2D eigenvalue weighted by molar-refractivity contribution is 7.89. The van der Waals surface area contributed by atoms with Crippen LogP contribution in [0.1, 0.15) is 30.0 Å². The third-order valence-corrected chi connectivity index (χ3v) is 6.25. The van der Waals surface area contributed by atoms with Gasteiger partial charge in [0, 0.05) is 19.2 Å². The number of sulfonamides is 1. The number of hydrogen-bond acceptors (Lipinski definition) is 7. The summed E-state index contributed by atoms with van der Waals surface area (Å²) in [5.74, 6) is -0.779. The number of aromatic nitrogens is 1. The van der Waals surface area contributed by atoms with Crippen molar-refractivity contribution in [1.82, 2.24) is 9.46 Å². The maximum absolute atomic E-state index is 12.7. The van der Waals surface area contributed by atoms with E-state index in [-0.39, 0.29) is 34.4 Å².